The van der Waals surface area contributed by atoms with E-state index in [0.717, 1.165) is 37.6 Å². The van der Waals surface area contributed by atoms with Gasteiger partial charge in [0, 0.05) is 13.0 Å². The van der Waals surface area contributed by atoms with Crippen molar-refractivity contribution in [2.24, 2.45) is 5.92 Å². The summed E-state index contributed by atoms with van der Waals surface area (Å²) in [6.45, 7) is 3.53. The summed E-state index contributed by atoms with van der Waals surface area (Å²) in [5, 5.41) is 6.32. The van der Waals surface area contributed by atoms with E-state index in [1.165, 1.54) is 12.8 Å². The van der Waals surface area contributed by atoms with Gasteiger partial charge in [0.25, 0.3) is 0 Å². The van der Waals surface area contributed by atoms with Gasteiger partial charge in [-0.3, -0.25) is 4.79 Å². The van der Waals surface area contributed by atoms with Crippen molar-refractivity contribution in [1.82, 2.24) is 10.6 Å². The molecule has 21 heavy (non-hydrogen) atoms. The second-order valence-corrected chi connectivity index (χ2v) is 5.60. The molecule has 0 unspecified atom stereocenters. The summed E-state index contributed by atoms with van der Waals surface area (Å²) >= 11 is 0. The number of benzene rings is 1. The highest BCUT2D eigenvalue weighted by molar-refractivity contribution is 5.75. The fraction of sp³-hybridized carbons (Fsp3) is 0.588. The normalized spacial score (nSPS) is 15.6. The van der Waals surface area contributed by atoms with E-state index in [1.54, 1.807) is 0 Å². The number of carbonyl (C=O) groups excluding carboxylic acids is 1. The van der Waals surface area contributed by atoms with Gasteiger partial charge in [-0.15, -0.1) is 0 Å². The van der Waals surface area contributed by atoms with Crippen molar-refractivity contribution in [2.75, 3.05) is 26.2 Å². The summed E-state index contributed by atoms with van der Waals surface area (Å²) in [6, 6.07) is 9.76. The Balaban J connectivity index is 1.47. The largest absolute Gasteiger partial charge is 0.494 e. The number of ether oxygens (including phenoxy) is 1. The van der Waals surface area contributed by atoms with Crippen LogP contribution in [0.3, 0.4) is 0 Å². The zero-order chi connectivity index (χ0) is 14.8. The molecule has 116 valence electrons. The van der Waals surface area contributed by atoms with Crippen LogP contribution in [0.1, 0.15) is 32.1 Å². The minimum absolute atomic E-state index is 0.174. The van der Waals surface area contributed by atoms with Gasteiger partial charge in [0.2, 0.25) is 5.91 Å². The third-order valence-electron chi connectivity index (χ3n) is 3.89. The third kappa shape index (κ3) is 6.63. The molecular formula is C17H26N2O2. The summed E-state index contributed by atoms with van der Waals surface area (Å²) in [6.07, 6.45) is 4.93. The van der Waals surface area contributed by atoms with Crippen LogP contribution in [0.5, 0.6) is 5.75 Å². The van der Waals surface area contributed by atoms with Crippen LogP contribution in [0.15, 0.2) is 30.3 Å². The number of carbonyl (C=O) groups is 1. The first-order valence-corrected chi connectivity index (χ1v) is 8.00. The van der Waals surface area contributed by atoms with E-state index in [4.69, 9.17) is 4.74 Å². The number of amides is 1. The number of nitrogens with one attached hydrogen (secondary N) is 2. The van der Waals surface area contributed by atoms with E-state index >= 15 is 0 Å². The molecule has 0 atom stereocenters. The monoisotopic (exact) mass is 290 g/mol. The summed E-state index contributed by atoms with van der Waals surface area (Å²) in [4.78, 5) is 11.8. The SMILES string of the molecule is O=C(CCC1CCNCC1)NCCCOc1ccccc1. The van der Waals surface area contributed by atoms with Gasteiger partial charge < -0.3 is 15.4 Å². The molecule has 0 radical (unpaired) electrons. The molecule has 0 aliphatic carbocycles. The molecule has 1 aromatic carbocycles. The average Bonchev–Trinajstić information content (AvgIpc) is 2.54. The Morgan fingerprint density at radius 2 is 2.00 bits per heavy atom. The van der Waals surface area contributed by atoms with Crippen molar-refractivity contribution >= 4 is 5.91 Å². The molecule has 0 saturated carbocycles. The number of rotatable bonds is 8. The van der Waals surface area contributed by atoms with E-state index in [9.17, 15) is 4.79 Å². The second kappa shape index (κ2) is 9.40. The predicted octanol–water partition coefficient (Wildman–Crippen LogP) is 2.35. The summed E-state index contributed by atoms with van der Waals surface area (Å²) in [5.74, 6) is 1.78. The summed E-state index contributed by atoms with van der Waals surface area (Å²) in [7, 11) is 0. The van der Waals surface area contributed by atoms with Gasteiger partial charge in [0.15, 0.2) is 0 Å². The predicted molar refractivity (Wildman–Crippen MR) is 84.4 cm³/mol. The maximum absolute atomic E-state index is 11.8. The van der Waals surface area contributed by atoms with Gasteiger partial charge in [-0.1, -0.05) is 18.2 Å². The molecule has 4 heteroatoms. The van der Waals surface area contributed by atoms with Gasteiger partial charge in [-0.2, -0.15) is 0 Å². The molecule has 1 aromatic rings. The van der Waals surface area contributed by atoms with Crippen molar-refractivity contribution in [2.45, 2.75) is 32.1 Å². The Bertz CT molecular complexity index is 403. The van der Waals surface area contributed by atoms with Crippen molar-refractivity contribution in [1.29, 1.82) is 0 Å². The lowest BCUT2D eigenvalue weighted by atomic mass is 9.93. The van der Waals surface area contributed by atoms with E-state index in [0.29, 0.717) is 19.6 Å². The highest BCUT2D eigenvalue weighted by atomic mass is 16.5. The summed E-state index contributed by atoms with van der Waals surface area (Å²) < 4.78 is 5.58. The average molecular weight is 290 g/mol. The van der Waals surface area contributed by atoms with Crippen LogP contribution in [0.25, 0.3) is 0 Å². The Morgan fingerprint density at radius 3 is 2.76 bits per heavy atom. The second-order valence-electron chi connectivity index (χ2n) is 5.60. The van der Waals surface area contributed by atoms with Crippen LogP contribution in [0, 0.1) is 5.92 Å². The van der Waals surface area contributed by atoms with Crippen LogP contribution < -0.4 is 15.4 Å². The molecule has 2 N–H and O–H groups in total. The highest BCUT2D eigenvalue weighted by Crippen LogP contribution is 2.17. The Kier molecular flexibility index (Phi) is 7.08. The maximum Gasteiger partial charge on any atom is 0.220 e. The number of para-hydroxylation sites is 1. The topological polar surface area (TPSA) is 50.4 Å². The molecule has 2 rings (SSSR count). The molecule has 1 heterocycles. The maximum atomic E-state index is 11.8. The molecule has 0 bridgehead atoms. The van der Waals surface area contributed by atoms with E-state index in [2.05, 4.69) is 10.6 Å². The number of hydrogen-bond acceptors (Lipinski definition) is 3. The number of piperidine rings is 1. The Labute approximate surface area is 127 Å². The van der Waals surface area contributed by atoms with Gasteiger partial charge in [0.1, 0.15) is 5.75 Å². The van der Waals surface area contributed by atoms with Gasteiger partial charge in [0.05, 0.1) is 6.61 Å². The first-order chi connectivity index (χ1) is 10.3. The minimum Gasteiger partial charge on any atom is -0.494 e. The fourth-order valence-corrected chi connectivity index (χ4v) is 2.60. The Hall–Kier alpha value is -1.55. The van der Waals surface area contributed by atoms with E-state index in [1.807, 2.05) is 30.3 Å². The zero-order valence-corrected chi connectivity index (χ0v) is 12.6. The first kappa shape index (κ1) is 15.8. The molecule has 1 saturated heterocycles. The standard InChI is InChI=1S/C17H26N2O2/c20-17(8-7-15-9-12-18-13-10-15)19-11-4-14-21-16-5-2-1-3-6-16/h1-3,5-6,15,18H,4,7-14H2,(H,19,20). The summed E-state index contributed by atoms with van der Waals surface area (Å²) in [5.41, 5.74) is 0. The highest BCUT2D eigenvalue weighted by Gasteiger charge is 2.14. The van der Waals surface area contributed by atoms with Crippen molar-refractivity contribution < 1.29 is 9.53 Å². The van der Waals surface area contributed by atoms with Crippen molar-refractivity contribution in [3.05, 3.63) is 30.3 Å². The van der Waals surface area contributed by atoms with Gasteiger partial charge in [-0.25, -0.2) is 0 Å². The minimum atomic E-state index is 0.174. The van der Waals surface area contributed by atoms with Crippen LogP contribution in [-0.2, 0) is 4.79 Å². The fourth-order valence-electron chi connectivity index (χ4n) is 2.60. The first-order valence-electron chi connectivity index (χ1n) is 8.00. The molecule has 1 fully saturated rings. The van der Waals surface area contributed by atoms with Crippen LogP contribution in [-0.4, -0.2) is 32.1 Å². The van der Waals surface area contributed by atoms with Crippen molar-refractivity contribution in [3.8, 4) is 5.75 Å². The molecule has 1 aliphatic rings. The van der Waals surface area contributed by atoms with E-state index in [-0.39, 0.29) is 5.91 Å². The van der Waals surface area contributed by atoms with Gasteiger partial charge >= 0.3 is 0 Å². The molecule has 1 aliphatic heterocycles. The molecule has 0 aromatic heterocycles. The third-order valence-corrected chi connectivity index (χ3v) is 3.89. The molecule has 0 spiro atoms. The van der Waals surface area contributed by atoms with E-state index < -0.39 is 0 Å². The number of hydrogen-bond donors (Lipinski definition) is 2. The van der Waals surface area contributed by atoms with Gasteiger partial charge in [-0.05, 0) is 56.8 Å². The molecule has 1 amide bonds. The Morgan fingerprint density at radius 1 is 1.24 bits per heavy atom. The molecule has 4 nitrogen and oxygen atoms in total. The van der Waals surface area contributed by atoms with Crippen LogP contribution in [0.4, 0.5) is 0 Å². The van der Waals surface area contributed by atoms with Crippen LogP contribution in [0.2, 0.25) is 0 Å². The lowest BCUT2D eigenvalue weighted by Gasteiger charge is -2.22. The van der Waals surface area contributed by atoms with Crippen molar-refractivity contribution in [3.63, 3.8) is 0 Å². The lowest BCUT2D eigenvalue weighted by molar-refractivity contribution is -0.121. The zero-order valence-electron chi connectivity index (χ0n) is 12.6. The smallest absolute Gasteiger partial charge is 0.220 e. The molecular weight excluding hydrogens is 264 g/mol. The van der Waals surface area contributed by atoms with Crippen LogP contribution >= 0.6 is 0 Å². The quantitative estimate of drug-likeness (QED) is 0.723. The lowest BCUT2D eigenvalue weighted by Crippen LogP contribution is -2.30.